The predicted octanol–water partition coefficient (Wildman–Crippen LogP) is 5.23. The number of para-hydroxylation sites is 1. The van der Waals surface area contributed by atoms with Gasteiger partial charge in [0.15, 0.2) is 5.13 Å². The van der Waals surface area contributed by atoms with Crippen LogP contribution in [-0.2, 0) is 4.79 Å². The van der Waals surface area contributed by atoms with E-state index in [-0.39, 0.29) is 17.7 Å². The summed E-state index contributed by atoms with van der Waals surface area (Å²) in [7, 11) is 0. The molecule has 0 unspecified atom stereocenters. The minimum absolute atomic E-state index is 0.154. The highest BCUT2D eigenvalue weighted by molar-refractivity contribution is 7.13. The number of fused-ring (bicyclic) bond motifs is 1. The Kier molecular flexibility index (Phi) is 6.17. The minimum Gasteiger partial charge on any atom is -0.342 e. The Morgan fingerprint density at radius 1 is 1.12 bits per heavy atom. The molecule has 2 aromatic heterocycles. The Bertz CT molecular complexity index is 1110. The van der Waals surface area contributed by atoms with E-state index in [0.29, 0.717) is 29.6 Å². The van der Waals surface area contributed by atoms with Crippen LogP contribution in [0.3, 0.4) is 0 Å². The number of carbonyl (C=O) groups excluding carboxylic acids is 2. The number of pyridine rings is 1. The van der Waals surface area contributed by atoms with Crippen molar-refractivity contribution in [3.05, 3.63) is 53.2 Å². The highest BCUT2D eigenvalue weighted by Gasteiger charge is 2.30. The molecule has 6 nitrogen and oxygen atoms in total. The van der Waals surface area contributed by atoms with Crippen LogP contribution in [-0.4, -0.2) is 39.8 Å². The first-order valence-corrected chi connectivity index (χ1v) is 12.4. The molecule has 1 saturated carbocycles. The van der Waals surface area contributed by atoms with Gasteiger partial charge in [0.05, 0.1) is 11.1 Å². The standard InChI is InChI=1S/C25H28N4O2S/c30-23(14-17-6-2-1-3-7-17)29-12-10-18(16-29)22-15-20(19-8-4-5-9-21(19)27-22)24(31)28-25-26-11-13-32-25/h4-5,8-9,11,13,15,17-18H,1-3,6-7,10,12,14,16H2,(H,26,28,31)/t18-/m0/s1. The monoisotopic (exact) mass is 448 g/mol. The first kappa shape index (κ1) is 21.1. The van der Waals surface area contributed by atoms with Gasteiger partial charge in [0.25, 0.3) is 5.91 Å². The fraction of sp³-hybridized carbons (Fsp3) is 0.440. The van der Waals surface area contributed by atoms with Crippen molar-refractivity contribution in [1.82, 2.24) is 14.9 Å². The van der Waals surface area contributed by atoms with E-state index in [0.717, 1.165) is 29.6 Å². The van der Waals surface area contributed by atoms with E-state index < -0.39 is 0 Å². The maximum absolute atomic E-state index is 13.1. The molecule has 7 heteroatoms. The van der Waals surface area contributed by atoms with Gasteiger partial charge in [-0.1, -0.05) is 37.5 Å². The lowest BCUT2D eigenvalue weighted by atomic mass is 9.87. The molecule has 0 bridgehead atoms. The molecule has 0 spiro atoms. The molecule has 2 fully saturated rings. The fourth-order valence-electron chi connectivity index (χ4n) is 5.04. The molecule has 1 atom stereocenters. The summed E-state index contributed by atoms with van der Waals surface area (Å²) in [5, 5.41) is 6.14. The predicted molar refractivity (Wildman–Crippen MR) is 127 cm³/mol. The van der Waals surface area contributed by atoms with Gasteiger partial charge in [-0.15, -0.1) is 11.3 Å². The smallest absolute Gasteiger partial charge is 0.258 e. The normalized spacial score (nSPS) is 19.4. The highest BCUT2D eigenvalue weighted by Crippen LogP contribution is 2.32. The number of thiazole rings is 1. The molecule has 2 amide bonds. The topological polar surface area (TPSA) is 75.2 Å². The molecule has 166 valence electrons. The Labute approximate surface area is 192 Å². The summed E-state index contributed by atoms with van der Waals surface area (Å²) in [5.41, 5.74) is 2.30. The zero-order chi connectivity index (χ0) is 21.9. The zero-order valence-electron chi connectivity index (χ0n) is 18.1. The van der Waals surface area contributed by atoms with E-state index in [1.54, 1.807) is 6.20 Å². The molecule has 2 aliphatic rings. The van der Waals surface area contributed by atoms with Crippen molar-refractivity contribution in [2.75, 3.05) is 18.4 Å². The number of nitrogens with one attached hydrogen (secondary N) is 1. The molecule has 0 radical (unpaired) electrons. The average Bonchev–Trinajstić information content (AvgIpc) is 3.51. The van der Waals surface area contributed by atoms with Gasteiger partial charge in [0.2, 0.25) is 5.91 Å². The summed E-state index contributed by atoms with van der Waals surface area (Å²) in [4.78, 5) is 37.0. The van der Waals surface area contributed by atoms with Crippen LogP contribution in [0.25, 0.3) is 10.9 Å². The summed E-state index contributed by atoms with van der Waals surface area (Å²) in [6.07, 6.45) is 9.44. The number of nitrogens with zero attached hydrogens (tertiary/aromatic N) is 3. The maximum atomic E-state index is 13.1. The number of aromatic nitrogens is 2. The Morgan fingerprint density at radius 3 is 2.78 bits per heavy atom. The van der Waals surface area contributed by atoms with E-state index in [4.69, 9.17) is 4.98 Å². The first-order valence-electron chi connectivity index (χ1n) is 11.6. The quantitative estimate of drug-likeness (QED) is 0.580. The van der Waals surface area contributed by atoms with Gasteiger partial charge in [0.1, 0.15) is 0 Å². The minimum atomic E-state index is -0.178. The Hall–Kier alpha value is -2.80. The van der Waals surface area contributed by atoms with Gasteiger partial charge >= 0.3 is 0 Å². The average molecular weight is 449 g/mol. The van der Waals surface area contributed by atoms with Gasteiger partial charge < -0.3 is 4.90 Å². The Morgan fingerprint density at radius 2 is 1.97 bits per heavy atom. The van der Waals surface area contributed by atoms with Crippen molar-refractivity contribution in [3.63, 3.8) is 0 Å². The Balaban J connectivity index is 1.35. The van der Waals surface area contributed by atoms with E-state index in [1.165, 1.54) is 43.4 Å². The van der Waals surface area contributed by atoms with Gasteiger partial charge in [-0.2, -0.15) is 0 Å². The second kappa shape index (κ2) is 9.36. The molecule has 1 aliphatic carbocycles. The molecular formula is C25H28N4O2S. The summed E-state index contributed by atoms with van der Waals surface area (Å²) in [6.45, 7) is 1.45. The molecular weight excluding hydrogens is 420 g/mol. The van der Waals surface area contributed by atoms with Crippen molar-refractivity contribution in [2.45, 2.75) is 50.9 Å². The van der Waals surface area contributed by atoms with E-state index >= 15 is 0 Å². The van der Waals surface area contributed by atoms with Crippen molar-refractivity contribution in [2.24, 2.45) is 5.92 Å². The van der Waals surface area contributed by atoms with E-state index in [9.17, 15) is 9.59 Å². The molecule has 5 rings (SSSR count). The van der Waals surface area contributed by atoms with Crippen LogP contribution in [0.2, 0.25) is 0 Å². The molecule has 1 N–H and O–H groups in total. The number of hydrogen-bond donors (Lipinski definition) is 1. The SMILES string of the molecule is O=C(Nc1nccs1)c1cc([C@H]2CCN(C(=O)CC3CCCCC3)C2)nc2ccccc12. The number of hydrogen-bond acceptors (Lipinski definition) is 5. The zero-order valence-corrected chi connectivity index (χ0v) is 18.9. The highest BCUT2D eigenvalue weighted by atomic mass is 32.1. The van der Waals surface area contributed by atoms with Crippen molar-refractivity contribution in [3.8, 4) is 0 Å². The van der Waals surface area contributed by atoms with Crippen LogP contribution >= 0.6 is 11.3 Å². The summed E-state index contributed by atoms with van der Waals surface area (Å²) >= 11 is 1.40. The van der Waals surface area contributed by atoms with Crippen LogP contribution in [0, 0.1) is 5.92 Å². The van der Waals surface area contributed by atoms with Gasteiger partial charge in [-0.25, -0.2) is 4.98 Å². The van der Waals surface area contributed by atoms with Gasteiger partial charge in [0, 0.05) is 48.1 Å². The molecule has 3 heterocycles. The van der Waals surface area contributed by atoms with Crippen molar-refractivity contribution < 1.29 is 9.59 Å². The number of carbonyl (C=O) groups is 2. The van der Waals surface area contributed by atoms with Gasteiger partial charge in [-0.3, -0.25) is 19.9 Å². The van der Waals surface area contributed by atoms with Crippen LogP contribution in [0.5, 0.6) is 0 Å². The third-order valence-electron chi connectivity index (χ3n) is 6.78. The van der Waals surface area contributed by atoms with Crippen LogP contribution in [0.1, 0.15) is 66.9 Å². The number of benzene rings is 1. The lowest BCUT2D eigenvalue weighted by Gasteiger charge is -2.24. The molecule has 1 saturated heterocycles. The van der Waals surface area contributed by atoms with Crippen LogP contribution < -0.4 is 5.32 Å². The molecule has 3 aromatic rings. The third kappa shape index (κ3) is 4.53. The van der Waals surface area contributed by atoms with Crippen molar-refractivity contribution >= 4 is 39.2 Å². The lowest BCUT2D eigenvalue weighted by Crippen LogP contribution is -2.30. The summed E-state index contributed by atoms with van der Waals surface area (Å²) in [5.74, 6) is 0.807. The summed E-state index contributed by atoms with van der Waals surface area (Å²) in [6, 6.07) is 9.64. The fourth-order valence-corrected chi connectivity index (χ4v) is 5.56. The third-order valence-corrected chi connectivity index (χ3v) is 7.47. The number of rotatable bonds is 5. The first-order chi connectivity index (χ1) is 15.7. The second-order valence-electron chi connectivity index (χ2n) is 8.94. The van der Waals surface area contributed by atoms with E-state index in [2.05, 4.69) is 10.3 Å². The molecule has 32 heavy (non-hydrogen) atoms. The van der Waals surface area contributed by atoms with Crippen LogP contribution in [0.15, 0.2) is 41.9 Å². The maximum Gasteiger partial charge on any atom is 0.258 e. The number of likely N-dealkylation sites (tertiary alicyclic amines) is 1. The van der Waals surface area contributed by atoms with Gasteiger partial charge in [-0.05, 0) is 37.3 Å². The summed E-state index contributed by atoms with van der Waals surface area (Å²) < 4.78 is 0. The second-order valence-corrected chi connectivity index (χ2v) is 9.83. The van der Waals surface area contributed by atoms with E-state index in [1.807, 2.05) is 40.6 Å². The van der Waals surface area contributed by atoms with Crippen LogP contribution in [0.4, 0.5) is 5.13 Å². The van der Waals surface area contributed by atoms with Crippen molar-refractivity contribution in [1.29, 1.82) is 0 Å². The molecule has 1 aromatic carbocycles. The number of amides is 2. The molecule has 1 aliphatic heterocycles. The lowest BCUT2D eigenvalue weighted by molar-refractivity contribution is -0.131. The number of anilines is 1. The largest absolute Gasteiger partial charge is 0.342 e.